The van der Waals surface area contributed by atoms with Gasteiger partial charge in [-0.25, -0.2) is 0 Å². The molecule has 3 aromatic carbocycles. The summed E-state index contributed by atoms with van der Waals surface area (Å²) in [6.07, 6.45) is 1.53. The average Bonchev–Trinajstić information content (AvgIpc) is 2.81. The predicted octanol–water partition coefficient (Wildman–Crippen LogP) is 4.55. The van der Waals surface area contributed by atoms with Gasteiger partial charge in [-0.05, 0) is 42.5 Å². The summed E-state index contributed by atoms with van der Waals surface area (Å²) in [6, 6.07) is 27.6. The zero-order valence-corrected chi connectivity index (χ0v) is 17.8. The molecule has 0 unspecified atom stereocenters. The van der Waals surface area contributed by atoms with Crippen LogP contribution in [-0.4, -0.2) is 35.8 Å². The number of nitrogens with one attached hydrogen (secondary N) is 1. The minimum atomic E-state index is -0.339. The van der Waals surface area contributed by atoms with Crippen molar-refractivity contribution in [2.75, 3.05) is 13.1 Å². The molecule has 1 heterocycles. The van der Waals surface area contributed by atoms with Gasteiger partial charge in [0, 0.05) is 24.7 Å². The van der Waals surface area contributed by atoms with Gasteiger partial charge in [-0.2, -0.15) is 0 Å². The Labute approximate surface area is 183 Å². The van der Waals surface area contributed by atoms with E-state index in [0.29, 0.717) is 13.1 Å². The van der Waals surface area contributed by atoms with E-state index in [2.05, 4.69) is 5.32 Å². The van der Waals surface area contributed by atoms with Crippen molar-refractivity contribution in [3.63, 3.8) is 0 Å². The first-order chi connectivity index (χ1) is 15.1. The van der Waals surface area contributed by atoms with Crippen LogP contribution in [0.4, 0.5) is 0 Å². The highest BCUT2D eigenvalue weighted by Crippen LogP contribution is 2.26. The van der Waals surface area contributed by atoms with Crippen LogP contribution in [0.5, 0.6) is 0 Å². The monoisotopic (exact) mass is 412 g/mol. The molecule has 31 heavy (non-hydrogen) atoms. The van der Waals surface area contributed by atoms with Crippen LogP contribution >= 0.6 is 0 Å². The van der Waals surface area contributed by atoms with Crippen molar-refractivity contribution in [3.8, 4) is 0 Å². The number of likely N-dealkylation sites (tertiary alicyclic amines) is 1. The number of carbonyl (C=O) groups is 2. The summed E-state index contributed by atoms with van der Waals surface area (Å²) < 4.78 is 0. The summed E-state index contributed by atoms with van der Waals surface area (Å²) in [5.41, 5.74) is 3.73. The second-order valence-electron chi connectivity index (χ2n) is 8.14. The Bertz CT molecular complexity index is 986. The number of aryl methyl sites for hydroxylation is 1. The van der Waals surface area contributed by atoms with Crippen LogP contribution < -0.4 is 5.32 Å². The number of piperidine rings is 1. The van der Waals surface area contributed by atoms with Crippen LogP contribution in [0.25, 0.3) is 0 Å². The average molecular weight is 413 g/mol. The number of benzene rings is 3. The van der Waals surface area contributed by atoms with Crippen LogP contribution in [0.2, 0.25) is 0 Å². The molecule has 1 N–H and O–H groups in total. The summed E-state index contributed by atoms with van der Waals surface area (Å²) >= 11 is 0. The van der Waals surface area contributed by atoms with E-state index in [1.165, 1.54) is 0 Å². The molecule has 4 rings (SSSR count). The van der Waals surface area contributed by atoms with Crippen LogP contribution in [-0.2, 0) is 4.79 Å². The van der Waals surface area contributed by atoms with Gasteiger partial charge in [0.1, 0.15) is 0 Å². The van der Waals surface area contributed by atoms with E-state index in [1.54, 1.807) is 0 Å². The predicted molar refractivity (Wildman–Crippen MR) is 123 cm³/mol. The number of rotatable bonds is 5. The molecule has 0 aliphatic carbocycles. The highest BCUT2D eigenvalue weighted by molar-refractivity contribution is 5.95. The van der Waals surface area contributed by atoms with Gasteiger partial charge in [0.25, 0.3) is 5.91 Å². The van der Waals surface area contributed by atoms with Gasteiger partial charge in [-0.1, -0.05) is 78.9 Å². The molecule has 1 saturated heterocycles. The quantitative estimate of drug-likeness (QED) is 0.668. The van der Waals surface area contributed by atoms with Gasteiger partial charge in [0.05, 0.1) is 5.92 Å². The summed E-state index contributed by atoms with van der Waals surface area (Å²) in [6.45, 7) is 3.27. The Morgan fingerprint density at radius 2 is 1.32 bits per heavy atom. The lowest BCUT2D eigenvalue weighted by Gasteiger charge is -2.33. The largest absolute Gasteiger partial charge is 0.352 e. The summed E-state index contributed by atoms with van der Waals surface area (Å²) in [5.74, 6) is -0.246. The van der Waals surface area contributed by atoms with Crippen LogP contribution in [0, 0.1) is 6.92 Å². The lowest BCUT2D eigenvalue weighted by molar-refractivity contribution is -0.122. The Morgan fingerprint density at radius 1 is 0.806 bits per heavy atom. The zero-order valence-electron chi connectivity index (χ0n) is 17.8. The van der Waals surface area contributed by atoms with Crippen molar-refractivity contribution in [1.82, 2.24) is 10.2 Å². The summed E-state index contributed by atoms with van der Waals surface area (Å²) in [7, 11) is 0. The van der Waals surface area contributed by atoms with Crippen LogP contribution in [0.1, 0.15) is 45.8 Å². The molecule has 3 aromatic rings. The molecular formula is C27H28N2O2. The van der Waals surface area contributed by atoms with Gasteiger partial charge in [-0.15, -0.1) is 0 Å². The fourth-order valence-corrected chi connectivity index (χ4v) is 4.28. The molecule has 0 bridgehead atoms. The van der Waals surface area contributed by atoms with Crippen molar-refractivity contribution in [2.24, 2.45) is 0 Å². The van der Waals surface area contributed by atoms with E-state index in [1.807, 2.05) is 96.8 Å². The molecule has 0 atom stereocenters. The molecule has 0 saturated carbocycles. The second-order valence-corrected chi connectivity index (χ2v) is 8.14. The lowest BCUT2D eigenvalue weighted by atomic mass is 9.90. The SMILES string of the molecule is Cc1ccccc1C(=O)N1CCC(NC(=O)C(c2ccccc2)c2ccccc2)CC1. The van der Waals surface area contributed by atoms with Gasteiger partial charge in [-0.3, -0.25) is 9.59 Å². The minimum absolute atomic E-state index is 0.0149. The van der Waals surface area contributed by atoms with Gasteiger partial charge >= 0.3 is 0 Å². The number of carbonyl (C=O) groups excluding carboxylic acids is 2. The van der Waals surface area contributed by atoms with Gasteiger partial charge in [0.2, 0.25) is 5.91 Å². The highest BCUT2D eigenvalue weighted by atomic mass is 16.2. The first-order valence-electron chi connectivity index (χ1n) is 10.9. The Morgan fingerprint density at radius 3 is 1.87 bits per heavy atom. The van der Waals surface area contributed by atoms with Crippen molar-refractivity contribution < 1.29 is 9.59 Å². The fraction of sp³-hybridized carbons (Fsp3) is 0.259. The van der Waals surface area contributed by atoms with E-state index in [9.17, 15) is 9.59 Å². The second kappa shape index (κ2) is 9.61. The standard InChI is InChI=1S/C27H28N2O2/c1-20-10-8-9-15-24(20)27(31)29-18-16-23(17-19-29)28-26(30)25(21-11-4-2-5-12-21)22-13-6-3-7-14-22/h2-15,23,25H,16-19H2,1H3,(H,28,30). The number of nitrogens with zero attached hydrogens (tertiary/aromatic N) is 1. The first kappa shape index (κ1) is 20.9. The molecule has 4 heteroatoms. The molecule has 0 spiro atoms. The molecule has 2 amide bonds. The van der Waals surface area contributed by atoms with E-state index in [4.69, 9.17) is 0 Å². The van der Waals surface area contributed by atoms with Crippen molar-refractivity contribution >= 4 is 11.8 Å². The van der Waals surface area contributed by atoms with Crippen molar-refractivity contribution in [2.45, 2.75) is 31.7 Å². The zero-order chi connectivity index (χ0) is 21.6. The smallest absolute Gasteiger partial charge is 0.254 e. The summed E-state index contributed by atoms with van der Waals surface area (Å²) in [4.78, 5) is 28.1. The normalized spacial score (nSPS) is 14.5. The molecule has 1 fully saturated rings. The number of hydrogen-bond acceptors (Lipinski definition) is 2. The Kier molecular flexibility index (Phi) is 6.46. The van der Waals surface area contributed by atoms with Crippen LogP contribution in [0.15, 0.2) is 84.9 Å². The van der Waals surface area contributed by atoms with Gasteiger partial charge in [0.15, 0.2) is 0 Å². The van der Waals surface area contributed by atoms with E-state index < -0.39 is 0 Å². The topological polar surface area (TPSA) is 49.4 Å². The van der Waals surface area contributed by atoms with Crippen molar-refractivity contribution in [1.29, 1.82) is 0 Å². The molecule has 0 radical (unpaired) electrons. The van der Waals surface area contributed by atoms with E-state index in [-0.39, 0.29) is 23.8 Å². The minimum Gasteiger partial charge on any atom is -0.352 e. The number of amides is 2. The van der Waals surface area contributed by atoms with Crippen molar-refractivity contribution in [3.05, 3.63) is 107 Å². The molecule has 1 aliphatic heterocycles. The van der Waals surface area contributed by atoms with Crippen LogP contribution in [0.3, 0.4) is 0 Å². The van der Waals surface area contributed by atoms with Gasteiger partial charge < -0.3 is 10.2 Å². The third kappa shape index (κ3) is 4.85. The molecular weight excluding hydrogens is 384 g/mol. The third-order valence-corrected chi connectivity index (χ3v) is 6.03. The first-order valence-corrected chi connectivity index (χ1v) is 10.9. The molecule has 1 aliphatic rings. The maximum Gasteiger partial charge on any atom is 0.254 e. The Balaban J connectivity index is 1.42. The van der Waals surface area contributed by atoms with E-state index >= 15 is 0 Å². The highest BCUT2D eigenvalue weighted by Gasteiger charge is 2.28. The Hall–Kier alpha value is -3.40. The molecule has 4 nitrogen and oxygen atoms in total. The lowest BCUT2D eigenvalue weighted by Crippen LogP contribution is -2.47. The fourth-order valence-electron chi connectivity index (χ4n) is 4.28. The van der Waals surface area contributed by atoms with E-state index in [0.717, 1.165) is 35.1 Å². The summed E-state index contributed by atoms with van der Waals surface area (Å²) in [5, 5.41) is 3.25. The number of hydrogen-bond donors (Lipinski definition) is 1. The third-order valence-electron chi connectivity index (χ3n) is 6.03. The molecule has 0 aromatic heterocycles. The maximum atomic E-state index is 13.3. The maximum absolute atomic E-state index is 13.3. The molecule has 158 valence electrons.